The number of benzene rings is 1. The molecule has 0 spiro atoms. The van der Waals surface area contributed by atoms with Crippen molar-refractivity contribution in [1.29, 1.82) is 0 Å². The van der Waals surface area contributed by atoms with Gasteiger partial charge in [0.15, 0.2) is 5.78 Å². The van der Waals surface area contributed by atoms with Crippen LogP contribution < -0.4 is 0 Å². The third-order valence-corrected chi connectivity index (χ3v) is 5.89. The Morgan fingerprint density at radius 3 is 2.59 bits per heavy atom. The molecule has 1 N–H and O–H groups in total. The van der Waals surface area contributed by atoms with Gasteiger partial charge in [-0.3, -0.25) is 14.4 Å². The SMILES string of the molecule is CS[C@@H]1C(C(=O)c2ccc(Cl)cc2)=C(CC(=O)O)C(=O)N1C[C@H]1CCCO1. The van der Waals surface area contributed by atoms with E-state index in [0.29, 0.717) is 23.7 Å². The van der Waals surface area contributed by atoms with Gasteiger partial charge >= 0.3 is 5.97 Å². The zero-order valence-corrected chi connectivity index (χ0v) is 16.4. The second-order valence-corrected chi connectivity index (χ2v) is 7.83. The molecule has 144 valence electrons. The van der Waals surface area contributed by atoms with E-state index >= 15 is 0 Å². The molecule has 2 aliphatic heterocycles. The first-order valence-corrected chi connectivity index (χ1v) is 10.3. The number of ether oxygens (including phenoxy) is 1. The van der Waals surface area contributed by atoms with E-state index in [2.05, 4.69) is 0 Å². The topological polar surface area (TPSA) is 83.9 Å². The second-order valence-electron chi connectivity index (χ2n) is 6.48. The van der Waals surface area contributed by atoms with Crippen molar-refractivity contribution in [2.24, 2.45) is 0 Å². The molecule has 0 aromatic heterocycles. The lowest BCUT2D eigenvalue weighted by Gasteiger charge is -2.27. The number of halogens is 1. The number of carboxylic acid groups (broad SMARTS) is 1. The van der Waals surface area contributed by atoms with E-state index in [1.165, 1.54) is 11.8 Å². The van der Waals surface area contributed by atoms with Gasteiger partial charge in [0, 0.05) is 34.9 Å². The van der Waals surface area contributed by atoms with E-state index in [-0.39, 0.29) is 23.0 Å². The van der Waals surface area contributed by atoms with E-state index in [1.807, 2.05) is 0 Å². The number of Topliss-reactive ketones (excluding diaryl/α,β-unsaturated/α-hetero) is 1. The largest absolute Gasteiger partial charge is 0.481 e. The Hall–Kier alpha value is -1.83. The second kappa shape index (κ2) is 8.46. The summed E-state index contributed by atoms with van der Waals surface area (Å²) in [6, 6.07) is 6.36. The standard InChI is InChI=1S/C19H20ClNO5S/c1-27-19-16(17(24)11-4-6-12(20)7-5-11)14(9-15(22)23)18(25)21(19)10-13-3-2-8-26-13/h4-7,13,19H,2-3,8-10H2,1H3,(H,22,23)/t13-,19-/m1/s1. The zero-order valence-electron chi connectivity index (χ0n) is 14.8. The number of aliphatic carboxylic acids is 1. The van der Waals surface area contributed by atoms with E-state index in [0.717, 1.165) is 12.8 Å². The highest BCUT2D eigenvalue weighted by atomic mass is 35.5. The van der Waals surface area contributed by atoms with Crippen molar-refractivity contribution < 1.29 is 24.2 Å². The zero-order chi connectivity index (χ0) is 19.6. The van der Waals surface area contributed by atoms with Gasteiger partial charge in [0.05, 0.1) is 12.5 Å². The lowest BCUT2D eigenvalue weighted by molar-refractivity contribution is -0.137. The van der Waals surface area contributed by atoms with Gasteiger partial charge in [0.1, 0.15) is 5.37 Å². The molecule has 8 heteroatoms. The predicted octanol–water partition coefficient (Wildman–Crippen LogP) is 3.00. The van der Waals surface area contributed by atoms with Gasteiger partial charge in [-0.05, 0) is 43.4 Å². The van der Waals surface area contributed by atoms with E-state index < -0.39 is 23.7 Å². The first kappa shape index (κ1) is 19.9. The number of amides is 1. The number of ketones is 1. The first-order chi connectivity index (χ1) is 12.9. The average Bonchev–Trinajstić information content (AvgIpc) is 3.23. The molecule has 27 heavy (non-hydrogen) atoms. The van der Waals surface area contributed by atoms with E-state index in [4.69, 9.17) is 16.3 Å². The van der Waals surface area contributed by atoms with Gasteiger partial charge in [0.2, 0.25) is 0 Å². The number of hydrogen-bond donors (Lipinski definition) is 1. The van der Waals surface area contributed by atoms with Crippen molar-refractivity contribution in [2.45, 2.75) is 30.7 Å². The van der Waals surface area contributed by atoms with Gasteiger partial charge < -0.3 is 14.7 Å². The molecule has 1 fully saturated rings. The highest BCUT2D eigenvalue weighted by Crippen LogP contribution is 2.37. The minimum Gasteiger partial charge on any atom is -0.481 e. The van der Waals surface area contributed by atoms with Crippen molar-refractivity contribution in [3.05, 3.63) is 46.0 Å². The van der Waals surface area contributed by atoms with Crippen molar-refractivity contribution in [3.8, 4) is 0 Å². The summed E-state index contributed by atoms with van der Waals surface area (Å²) in [5, 5.41) is 9.23. The molecule has 1 saturated heterocycles. The summed E-state index contributed by atoms with van der Waals surface area (Å²) in [5.41, 5.74) is 0.679. The summed E-state index contributed by atoms with van der Waals surface area (Å²) in [5.74, 6) is -1.88. The van der Waals surface area contributed by atoms with Crippen LogP contribution in [0.15, 0.2) is 35.4 Å². The number of rotatable bonds is 7. The Labute approximate surface area is 166 Å². The van der Waals surface area contributed by atoms with Gasteiger partial charge in [-0.15, -0.1) is 11.8 Å². The number of carbonyl (C=O) groups excluding carboxylic acids is 2. The summed E-state index contributed by atoms with van der Waals surface area (Å²) in [4.78, 5) is 39.0. The highest BCUT2D eigenvalue weighted by Gasteiger charge is 2.43. The van der Waals surface area contributed by atoms with Crippen molar-refractivity contribution in [2.75, 3.05) is 19.4 Å². The van der Waals surface area contributed by atoms with Gasteiger partial charge in [-0.25, -0.2) is 0 Å². The fourth-order valence-corrected chi connectivity index (χ4v) is 4.51. The van der Waals surface area contributed by atoms with Crippen molar-refractivity contribution in [3.63, 3.8) is 0 Å². The van der Waals surface area contributed by atoms with Crippen LogP contribution in [-0.4, -0.2) is 58.6 Å². The summed E-state index contributed by atoms with van der Waals surface area (Å²) in [6.07, 6.45) is 3.02. The number of carbonyl (C=O) groups is 3. The van der Waals surface area contributed by atoms with Gasteiger partial charge in [0.25, 0.3) is 5.91 Å². The maximum atomic E-state index is 13.1. The molecule has 0 saturated carbocycles. The van der Waals surface area contributed by atoms with Crippen molar-refractivity contribution >= 4 is 41.0 Å². The van der Waals surface area contributed by atoms with Crippen molar-refractivity contribution in [1.82, 2.24) is 4.90 Å². The third kappa shape index (κ3) is 4.20. The lowest BCUT2D eigenvalue weighted by Crippen LogP contribution is -2.40. The minimum atomic E-state index is -1.14. The molecule has 6 nitrogen and oxygen atoms in total. The Kier molecular flexibility index (Phi) is 6.24. The smallest absolute Gasteiger partial charge is 0.308 e. The fourth-order valence-electron chi connectivity index (χ4n) is 3.46. The summed E-state index contributed by atoms with van der Waals surface area (Å²) in [6.45, 7) is 1.01. The molecule has 0 aliphatic carbocycles. The molecular weight excluding hydrogens is 390 g/mol. The van der Waals surface area contributed by atoms with Crippen LogP contribution in [0, 0.1) is 0 Å². The first-order valence-electron chi connectivity index (χ1n) is 8.62. The van der Waals surface area contributed by atoms with Crippen LogP contribution in [0.2, 0.25) is 5.02 Å². The monoisotopic (exact) mass is 409 g/mol. The quantitative estimate of drug-likeness (QED) is 0.697. The molecule has 2 heterocycles. The Morgan fingerprint density at radius 1 is 1.33 bits per heavy atom. The van der Waals surface area contributed by atoms with Crippen LogP contribution in [0.1, 0.15) is 29.6 Å². The average molecular weight is 410 g/mol. The molecule has 2 aliphatic rings. The molecule has 0 unspecified atom stereocenters. The number of thioether (sulfide) groups is 1. The minimum absolute atomic E-state index is 0.0554. The molecule has 0 radical (unpaired) electrons. The third-order valence-electron chi connectivity index (χ3n) is 4.70. The molecular formula is C19H20ClNO5S. The summed E-state index contributed by atoms with van der Waals surface area (Å²) < 4.78 is 5.63. The van der Waals surface area contributed by atoms with Crippen LogP contribution in [0.3, 0.4) is 0 Å². The number of carboxylic acids is 1. The Balaban J connectivity index is 1.97. The Bertz CT molecular complexity index is 786. The number of nitrogens with zero attached hydrogens (tertiary/aromatic N) is 1. The number of hydrogen-bond acceptors (Lipinski definition) is 5. The Morgan fingerprint density at radius 2 is 2.04 bits per heavy atom. The molecule has 1 aromatic carbocycles. The van der Waals surface area contributed by atoms with Crippen LogP contribution in [-0.2, 0) is 14.3 Å². The molecule has 1 aromatic rings. The molecule has 1 amide bonds. The van der Waals surface area contributed by atoms with E-state index in [9.17, 15) is 19.5 Å². The maximum Gasteiger partial charge on any atom is 0.308 e. The van der Waals surface area contributed by atoms with Crippen LogP contribution in [0.5, 0.6) is 0 Å². The van der Waals surface area contributed by atoms with Gasteiger partial charge in [-0.1, -0.05) is 11.6 Å². The molecule has 0 bridgehead atoms. The highest BCUT2D eigenvalue weighted by molar-refractivity contribution is 7.99. The fraction of sp³-hybridized carbons (Fsp3) is 0.421. The predicted molar refractivity (Wildman–Crippen MR) is 103 cm³/mol. The van der Waals surface area contributed by atoms with E-state index in [1.54, 1.807) is 35.4 Å². The summed E-state index contributed by atoms with van der Waals surface area (Å²) >= 11 is 7.23. The van der Waals surface area contributed by atoms with Gasteiger partial charge in [-0.2, -0.15) is 0 Å². The normalized spacial score (nSPS) is 22.6. The lowest BCUT2D eigenvalue weighted by atomic mass is 9.98. The van der Waals surface area contributed by atoms with Crippen LogP contribution in [0.25, 0.3) is 0 Å². The molecule has 2 atom stereocenters. The molecule has 3 rings (SSSR count). The van der Waals surface area contributed by atoms with Crippen LogP contribution in [0.4, 0.5) is 0 Å². The maximum absolute atomic E-state index is 13.1. The van der Waals surface area contributed by atoms with Crippen LogP contribution >= 0.6 is 23.4 Å². The summed E-state index contributed by atoms with van der Waals surface area (Å²) in [7, 11) is 0.